The first-order valence-electron chi connectivity index (χ1n) is 6.59. The number of benzene rings is 1. The Morgan fingerprint density at radius 3 is 2.39 bits per heavy atom. The van der Waals surface area contributed by atoms with Gasteiger partial charge in [0.15, 0.2) is 5.70 Å². The molecule has 118 valence electrons. The first kappa shape index (κ1) is 15.5. The molecular weight excluding hydrogens is 327 g/mol. The summed E-state index contributed by atoms with van der Waals surface area (Å²) >= 11 is 1.50. The smallest absolute Gasteiger partial charge is 0.402 e. The second-order valence-corrected chi connectivity index (χ2v) is 6.18. The molecular formula is C16H10F3NO2S. The van der Waals surface area contributed by atoms with Gasteiger partial charge in [-0.1, -0.05) is 0 Å². The van der Waals surface area contributed by atoms with Crippen LogP contribution in [-0.2, 0) is 15.7 Å². The summed E-state index contributed by atoms with van der Waals surface area (Å²) in [5, 5.41) is 0. The zero-order chi connectivity index (χ0) is 16.6. The highest BCUT2D eigenvalue weighted by Gasteiger charge is 2.31. The lowest BCUT2D eigenvalue weighted by atomic mass is 10.1. The topological polar surface area (TPSA) is 38.7 Å². The monoisotopic (exact) mass is 337 g/mol. The zero-order valence-electron chi connectivity index (χ0n) is 11.8. The zero-order valence-corrected chi connectivity index (χ0v) is 12.7. The molecule has 0 unspecified atom stereocenters. The summed E-state index contributed by atoms with van der Waals surface area (Å²) in [6.45, 7) is 1.94. The van der Waals surface area contributed by atoms with Crippen LogP contribution in [0.3, 0.4) is 0 Å². The lowest BCUT2D eigenvalue weighted by Crippen LogP contribution is -2.08. The van der Waals surface area contributed by atoms with E-state index in [9.17, 15) is 18.0 Å². The SMILES string of the molecule is Cc1ccc(/C=C2/N=C(c3ccc(C(F)(F)F)cc3)OC2=O)s1. The van der Waals surface area contributed by atoms with Gasteiger partial charge in [-0.25, -0.2) is 9.79 Å². The fraction of sp³-hybridized carbons (Fsp3) is 0.125. The molecule has 1 aromatic heterocycles. The summed E-state index contributed by atoms with van der Waals surface area (Å²) in [6, 6.07) is 8.08. The molecule has 1 aliphatic heterocycles. The number of carbonyl (C=O) groups excluding carboxylic acids is 1. The number of aryl methyl sites for hydroxylation is 1. The number of nitrogens with zero attached hydrogens (tertiary/aromatic N) is 1. The number of aliphatic imine (C=N–C) groups is 1. The number of hydrogen-bond donors (Lipinski definition) is 0. The van der Waals surface area contributed by atoms with E-state index in [1.807, 2.05) is 19.1 Å². The average Bonchev–Trinajstić information content (AvgIpc) is 3.05. The van der Waals surface area contributed by atoms with Gasteiger partial charge in [-0.3, -0.25) is 0 Å². The van der Waals surface area contributed by atoms with Crippen LogP contribution in [0.25, 0.3) is 6.08 Å². The molecule has 2 heterocycles. The van der Waals surface area contributed by atoms with Crippen molar-refractivity contribution in [2.24, 2.45) is 4.99 Å². The Kier molecular flexibility index (Phi) is 3.81. The standard InChI is InChI=1S/C16H10F3NO2S/c1-9-2-7-12(23-9)8-13-15(21)22-14(20-13)10-3-5-11(6-4-10)16(17,18)19/h2-8H,1H3/b13-8+. The van der Waals surface area contributed by atoms with Crippen molar-refractivity contribution >= 4 is 29.3 Å². The Morgan fingerprint density at radius 2 is 1.83 bits per heavy atom. The van der Waals surface area contributed by atoms with Gasteiger partial charge in [-0.15, -0.1) is 11.3 Å². The van der Waals surface area contributed by atoms with Crippen molar-refractivity contribution in [3.8, 4) is 0 Å². The van der Waals surface area contributed by atoms with Crippen LogP contribution in [0.15, 0.2) is 47.1 Å². The van der Waals surface area contributed by atoms with Crippen molar-refractivity contribution in [1.29, 1.82) is 0 Å². The van der Waals surface area contributed by atoms with Crippen molar-refractivity contribution in [3.05, 3.63) is 63.0 Å². The van der Waals surface area contributed by atoms with E-state index in [1.165, 1.54) is 23.5 Å². The first-order valence-corrected chi connectivity index (χ1v) is 7.41. The van der Waals surface area contributed by atoms with E-state index in [0.717, 1.165) is 21.9 Å². The molecule has 1 aliphatic rings. The summed E-state index contributed by atoms with van der Waals surface area (Å²) in [7, 11) is 0. The largest absolute Gasteiger partial charge is 0.416 e. The number of hydrogen-bond acceptors (Lipinski definition) is 4. The van der Waals surface area contributed by atoms with Gasteiger partial charge in [-0.2, -0.15) is 13.2 Å². The molecule has 0 amide bonds. The molecule has 0 atom stereocenters. The van der Waals surface area contributed by atoms with Crippen molar-refractivity contribution in [2.45, 2.75) is 13.1 Å². The molecule has 0 aliphatic carbocycles. The van der Waals surface area contributed by atoms with Gasteiger partial charge in [0.25, 0.3) is 0 Å². The molecule has 0 saturated heterocycles. The van der Waals surface area contributed by atoms with Crippen LogP contribution in [0.2, 0.25) is 0 Å². The van der Waals surface area contributed by atoms with Gasteiger partial charge in [0.05, 0.1) is 5.56 Å². The molecule has 7 heteroatoms. The summed E-state index contributed by atoms with van der Waals surface area (Å²) < 4.78 is 42.7. The van der Waals surface area contributed by atoms with Crippen molar-refractivity contribution < 1.29 is 22.7 Å². The fourth-order valence-corrected chi connectivity index (χ4v) is 2.81. The summed E-state index contributed by atoms with van der Waals surface area (Å²) in [4.78, 5) is 17.8. The molecule has 0 fully saturated rings. The minimum Gasteiger partial charge on any atom is -0.402 e. The second kappa shape index (κ2) is 5.66. The molecule has 0 saturated carbocycles. The molecule has 0 bridgehead atoms. The molecule has 0 radical (unpaired) electrons. The minimum absolute atomic E-state index is 0.00301. The van der Waals surface area contributed by atoms with Gasteiger partial charge in [0, 0.05) is 15.3 Å². The molecule has 1 aromatic carbocycles. The quantitative estimate of drug-likeness (QED) is 0.601. The first-order chi connectivity index (χ1) is 10.8. The Labute approximate surface area is 133 Å². The molecule has 3 nitrogen and oxygen atoms in total. The van der Waals surface area contributed by atoms with Crippen molar-refractivity contribution in [3.63, 3.8) is 0 Å². The van der Waals surface area contributed by atoms with E-state index in [1.54, 1.807) is 6.08 Å². The van der Waals surface area contributed by atoms with Gasteiger partial charge in [0.2, 0.25) is 5.90 Å². The predicted molar refractivity (Wildman–Crippen MR) is 81.1 cm³/mol. The Balaban J connectivity index is 1.88. The van der Waals surface area contributed by atoms with Crippen molar-refractivity contribution in [2.75, 3.05) is 0 Å². The normalized spacial score (nSPS) is 16.6. The van der Waals surface area contributed by atoms with Crippen LogP contribution in [0, 0.1) is 6.92 Å². The lowest BCUT2D eigenvalue weighted by Gasteiger charge is -2.06. The lowest BCUT2D eigenvalue weighted by molar-refractivity contribution is -0.137. The van der Waals surface area contributed by atoms with E-state index in [0.29, 0.717) is 5.56 Å². The highest BCUT2D eigenvalue weighted by molar-refractivity contribution is 7.12. The van der Waals surface area contributed by atoms with Crippen molar-refractivity contribution in [1.82, 2.24) is 0 Å². The highest BCUT2D eigenvalue weighted by Crippen LogP contribution is 2.30. The molecule has 23 heavy (non-hydrogen) atoms. The fourth-order valence-electron chi connectivity index (χ4n) is 2.00. The van der Waals surface area contributed by atoms with Crippen LogP contribution in [-0.4, -0.2) is 11.9 Å². The maximum absolute atomic E-state index is 12.5. The minimum atomic E-state index is -4.41. The predicted octanol–water partition coefficient (Wildman–Crippen LogP) is 4.42. The number of thiophene rings is 1. The highest BCUT2D eigenvalue weighted by atomic mass is 32.1. The van der Waals surface area contributed by atoms with E-state index in [2.05, 4.69) is 4.99 Å². The number of ether oxygens (including phenoxy) is 1. The van der Waals surface area contributed by atoms with E-state index >= 15 is 0 Å². The molecule has 0 N–H and O–H groups in total. The summed E-state index contributed by atoms with van der Waals surface area (Å²) in [6.07, 6.45) is -2.81. The second-order valence-electron chi connectivity index (χ2n) is 4.86. The maximum atomic E-state index is 12.5. The van der Waals surface area contributed by atoms with E-state index in [4.69, 9.17) is 4.74 Å². The van der Waals surface area contributed by atoms with Crippen LogP contribution in [0.1, 0.15) is 20.9 Å². The third-order valence-corrected chi connectivity index (χ3v) is 4.07. The van der Waals surface area contributed by atoms with Gasteiger partial charge in [-0.05, 0) is 49.4 Å². The average molecular weight is 337 g/mol. The maximum Gasteiger partial charge on any atom is 0.416 e. The van der Waals surface area contributed by atoms with Crippen LogP contribution >= 0.6 is 11.3 Å². The molecule has 3 rings (SSSR count). The number of halogens is 3. The van der Waals surface area contributed by atoms with Crippen LogP contribution in [0.4, 0.5) is 13.2 Å². The molecule has 2 aromatic rings. The summed E-state index contributed by atoms with van der Waals surface area (Å²) in [5.41, 5.74) is -0.324. The van der Waals surface area contributed by atoms with E-state index < -0.39 is 17.7 Å². The number of cyclic esters (lactones) is 1. The number of alkyl halides is 3. The van der Waals surface area contributed by atoms with Crippen LogP contribution in [0.5, 0.6) is 0 Å². The van der Waals surface area contributed by atoms with Crippen LogP contribution < -0.4 is 0 Å². The third kappa shape index (κ3) is 3.34. The molecule has 0 spiro atoms. The number of carbonyl (C=O) groups is 1. The van der Waals surface area contributed by atoms with E-state index in [-0.39, 0.29) is 11.6 Å². The Bertz CT molecular complexity index is 817. The Morgan fingerprint density at radius 1 is 1.13 bits per heavy atom. The summed E-state index contributed by atoms with van der Waals surface area (Å²) in [5.74, 6) is -0.616. The number of esters is 1. The van der Waals surface area contributed by atoms with Gasteiger partial charge >= 0.3 is 12.1 Å². The van der Waals surface area contributed by atoms with Gasteiger partial charge < -0.3 is 4.74 Å². The Hall–Kier alpha value is -2.41. The number of rotatable bonds is 2. The van der Waals surface area contributed by atoms with Gasteiger partial charge in [0.1, 0.15) is 0 Å². The third-order valence-electron chi connectivity index (χ3n) is 3.12.